The highest BCUT2D eigenvalue weighted by molar-refractivity contribution is 9.11. The van der Waals surface area contributed by atoms with E-state index in [2.05, 4.69) is 55.0 Å². The van der Waals surface area contributed by atoms with E-state index >= 15 is 0 Å². The van der Waals surface area contributed by atoms with Crippen molar-refractivity contribution in [3.05, 3.63) is 20.8 Å². The van der Waals surface area contributed by atoms with Crippen molar-refractivity contribution in [3.63, 3.8) is 0 Å². The van der Waals surface area contributed by atoms with E-state index in [0.29, 0.717) is 5.04 Å². The van der Waals surface area contributed by atoms with Gasteiger partial charge in [0.15, 0.2) is 0 Å². The number of halogens is 1. The van der Waals surface area contributed by atoms with Crippen LogP contribution in [0, 0.1) is 0 Å². The highest BCUT2D eigenvalue weighted by Crippen LogP contribution is 2.29. The topological polar surface area (TPSA) is 9.23 Å². The monoisotopic (exact) mass is 306 g/mol. The fourth-order valence-corrected chi connectivity index (χ4v) is 2.88. The molecule has 4 heteroatoms. The van der Waals surface area contributed by atoms with Crippen LogP contribution in [0.3, 0.4) is 0 Å². The molecule has 15 heavy (non-hydrogen) atoms. The molecule has 1 heterocycles. The Hall–Kier alpha value is 0.357. The predicted molar refractivity (Wildman–Crippen MR) is 74.6 cm³/mol. The predicted octanol–water partition coefficient (Wildman–Crippen LogP) is 4.29. The normalized spacial score (nSPS) is 12.4. The second-order valence-corrected chi connectivity index (χ2v) is 11.3. The van der Waals surface area contributed by atoms with Gasteiger partial charge in [-0.2, -0.15) is 0 Å². The van der Waals surface area contributed by atoms with Gasteiger partial charge in [0.25, 0.3) is 0 Å². The molecule has 0 unspecified atom stereocenters. The number of thiophene rings is 1. The molecule has 0 spiro atoms. The first-order valence-corrected chi connectivity index (χ1v) is 9.73. The van der Waals surface area contributed by atoms with E-state index in [0.717, 1.165) is 13.2 Å². The molecular formula is C11H19BrOSSi. The van der Waals surface area contributed by atoms with Gasteiger partial charge in [0.05, 0.1) is 10.4 Å². The number of hydrogen-bond acceptors (Lipinski definition) is 2. The second-order valence-electron chi connectivity index (χ2n) is 4.84. The molecule has 1 aromatic rings. The summed E-state index contributed by atoms with van der Waals surface area (Å²) in [7, 11) is -0.631. The first-order valence-electron chi connectivity index (χ1n) is 5.24. The zero-order chi connectivity index (χ0) is 11.5. The molecule has 0 saturated heterocycles. The van der Waals surface area contributed by atoms with E-state index in [1.807, 2.05) is 0 Å². The molecule has 0 aliphatic heterocycles. The van der Waals surface area contributed by atoms with Crippen molar-refractivity contribution in [3.8, 4) is 0 Å². The van der Waals surface area contributed by atoms with Gasteiger partial charge in [0, 0.05) is 20.3 Å². The first kappa shape index (κ1) is 13.4. The lowest BCUT2D eigenvalue weighted by Gasteiger charge is -2.27. The molecule has 0 aliphatic carbocycles. The fourth-order valence-electron chi connectivity index (χ4n) is 1.01. The summed E-state index contributed by atoms with van der Waals surface area (Å²) in [6.07, 6.45) is 0. The molecule has 1 nitrogen and oxygen atoms in total. The van der Waals surface area contributed by atoms with Gasteiger partial charge in [-0.25, -0.2) is 0 Å². The zero-order valence-electron chi connectivity index (χ0n) is 9.84. The molecule has 0 amide bonds. The molecule has 0 atom stereocenters. The van der Waals surface area contributed by atoms with Gasteiger partial charge in [-0.15, -0.1) is 11.3 Å². The smallest absolute Gasteiger partial charge is 0.0809 e. The summed E-state index contributed by atoms with van der Waals surface area (Å²) in [5.74, 6) is 0. The van der Waals surface area contributed by atoms with Crippen molar-refractivity contribution in [2.24, 2.45) is 0 Å². The Balaban J connectivity index is 2.33. The summed E-state index contributed by atoms with van der Waals surface area (Å²) < 4.78 is 6.96. The summed E-state index contributed by atoms with van der Waals surface area (Å²) in [5, 5.41) is 0.397. The van der Waals surface area contributed by atoms with E-state index in [9.17, 15) is 0 Å². The largest absolute Gasteiger partial charge is 0.376 e. The Morgan fingerprint density at radius 1 is 1.40 bits per heavy atom. The Morgan fingerprint density at radius 2 is 2.07 bits per heavy atom. The van der Waals surface area contributed by atoms with Gasteiger partial charge in [0.2, 0.25) is 0 Å². The Bertz CT molecular complexity index is 309. The van der Waals surface area contributed by atoms with Crippen molar-refractivity contribution in [1.82, 2.24) is 0 Å². The van der Waals surface area contributed by atoms with Crippen LogP contribution in [-0.4, -0.2) is 15.4 Å². The Morgan fingerprint density at radius 3 is 2.53 bits per heavy atom. The number of rotatable bonds is 5. The molecular weight excluding hydrogens is 288 g/mol. The summed E-state index contributed by atoms with van der Waals surface area (Å²) in [6.45, 7) is 11.0. The van der Waals surface area contributed by atoms with E-state index in [4.69, 9.17) is 4.74 Å². The first-order chi connectivity index (χ1) is 6.92. The minimum absolute atomic E-state index is 0.397. The molecule has 0 aliphatic rings. The van der Waals surface area contributed by atoms with Crippen molar-refractivity contribution in [1.29, 1.82) is 0 Å². The van der Waals surface area contributed by atoms with E-state index in [-0.39, 0.29) is 0 Å². The maximum atomic E-state index is 5.78. The molecule has 0 bridgehead atoms. The van der Waals surface area contributed by atoms with Crippen molar-refractivity contribution < 1.29 is 4.74 Å². The Kier molecular flexibility index (Phi) is 5.02. The second kappa shape index (κ2) is 5.62. The van der Waals surface area contributed by atoms with Gasteiger partial charge in [-0.1, -0.05) is 26.9 Å². The molecule has 0 N–H and O–H groups in total. The average Bonchev–Trinajstić information content (AvgIpc) is 2.51. The van der Waals surface area contributed by atoms with E-state index in [1.54, 1.807) is 11.3 Å². The quantitative estimate of drug-likeness (QED) is 0.737. The Labute approximate surface area is 107 Å². The fraction of sp³-hybridized carbons (Fsp3) is 0.636. The molecule has 0 saturated carbocycles. The third kappa shape index (κ3) is 4.39. The lowest BCUT2D eigenvalue weighted by atomic mass is 10.2. The minimum atomic E-state index is -0.631. The van der Waals surface area contributed by atoms with Crippen LogP contribution in [0.15, 0.2) is 15.9 Å². The third-order valence-electron chi connectivity index (χ3n) is 2.91. The molecule has 0 aromatic carbocycles. The van der Waals surface area contributed by atoms with Crippen LogP contribution >= 0.6 is 27.3 Å². The average molecular weight is 307 g/mol. The summed E-state index contributed by atoms with van der Waals surface area (Å²) >= 11 is 5.21. The highest BCUT2D eigenvalue weighted by atomic mass is 79.9. The van der Waals surface area contributed by atoms with Crippen LogP contribution in [0.25, 0.3) is 0 Å². The van der Waals surface area contributed by atoms with Crippen molar-refractivity contribution in [2.45, 2.75) is 38.6 Å². The summed E-state index contributed by atoms with van der Waals surface area (Å²) in [6, 6.07) is 4.19. The molecule has 1 rings (SSSR count). The molecule has 0 radical (unpaired) electrons. The van der Waals surface area contributed by atoms with E-state index < -0.39 is 8.80 Å². The standard InChI is InChI=1S/C11H19BrOSSi/c1-11(2,15(3)4)8-13-7-9-5-6-10(12)14-9/h5-6,15H,7-8H2,1-4H3. The van der Waals surface area contributed by atoms with Gasteiger partial charge in [-0.05, 0) is 33.1 Å². The molecule has 0 fully saturated rings. The van der Waals surface area contributed by atoms with Crippen LogP contribution < -0.4 is 0 Å². The van der Waals surface area contributed by atoms with Crippen LogP contribution in [0.4, 0.5) is 0 Å². The lowest BCUT2D eigenvalue weighted by molar-refractivity contribution is 0.103. The van der Waals surface area contributed by atoms with Crippen LogP contribution in [-0.2, 0) is 11.3 Å². The number of hydrogen-bond donors (Lipinski definition) is 0. The van der Waals surface area contributed by atoms with Gasteiger partial charge >= 0.3 is 0 Å². The zero-order valence-corrected chi connectivity index (χ0v) is 13.4. The van der Waals surface area contributed by atoms with Gasteiger partial charge in [0.1, 0.15) is 0 Å². The SMILES string of the molecule is C[SiH](C)C(C)(C)COCc1ccc(Br)s1. The van der Waals surface area contributed by atoms with Crippen molar-refractivity contribution >= 4 is 36.1 Å². The van der Waals surface area contributed by atoms with E-state index in [1.165, 1.54) is 8.66 Å². The third-order valence-corrected chi connectivity index (χ3v) is 7.80. The summed E-state index contributed by atoms with van der Waals surface area (Å²) in [5.41, 5.74) is 0. The molecule has 86 valence electrons. The van der Waals surface area contributed by atoms with Crippen LogP contribution in [0.5, 0.6) is 0 Å². The number of ether oxygens (including phenoxy) is 1. The lowest BCUT2D eigenvalue weighted by Crippen LogP contribution is -2.26. The van der Waals surface area contributed by atoms with Gasteiger partial charge < -0.3 is 4.74 Å². The van der Waals surface area contributed by atoms with Crippen LogP contribution in [0.2, 0.25) is 18.1 Å². The van der Waals surface area contributed by atoms with Crippen LogP contribution in [0.1, 0.15) is 18.7 Å². The molecule has 1 aromatic heterocycles. The van der Waals surface area contributed by atoms with Gasteiger partial charge in [-0.3, -0.25) is 0 Å². The summed E-state index contributed by atoms with van der Waals surface area (Å²) in [4.78, 5) is 1.29. The minimum Gasteiger partial charge on any atom is -0.376 e. The highest BCUT2D eigenvalue weighted by Gasteiger charge is 2.23. The van der Waals surface area contributed by atoms with Crippen molar-refractivity contribution in [2.75, 3.05) is 6.61 Å². The maximum Gasteiger partial charge on any atom is 0.0809 e. The maximum absolute atomic E-state index is 5.78.